The average molecular weight is 294 g/mol. The van der Waals surface area contributed by atoms with Crippen LogP contribution in [0.4, 0.5) is 0 Å². The van der Waals surface area contributed by atoms with Crippen molar-refractivity contribution in [1.82, 2.24) is 9.80 Å². The van der Waals surface area contributed by atoms with E-state index in [1.54, 1.807) is 17.4 Å². The summed E-state index contributed by atoms with van der Waals surface area (Å²) in [6.07, 6.45) is 2.84. The van der Waals surface area contributed by atoms with Crippen molar-refractivity contribution in [2.45, 2.75) is 26.4 Å². The number of rotatable bonds is 5. The number of hydrogen-bond donors (Lipinski definition) is 1. The standard InChI is InChI=1S/C15H22N2O2S/c1-3-17-7-6-16(9-12(17)2)10-14-8-13(11-20-14)4-5-15(18)19/h4-5,8,11-12H,3,6-7,9-10H2,1-2H3,(H,18,19). The van der Waals surface area contributed by atoms with E-state index in [-0.39, 0.29) is 0 Å². The fraction of sp³-hybridized carbons (Fsp3) is 0.533. The Morgan fingerprint density at radius 1 is 1.55 bits per heavy atom. The summed E-state index contributed by atoms with van der Waals surface area (Å²) in [5.41, 5.74) is 0.979. The van der Waals surface area contributed by atoms with Crippen molar-refractivity contribution in [3.63, 3.8) is 0 Å². The summed E-state index contributed by atoms with van der Waals surface area (Å²) in [7, 11) is 0. The van der Waals surface area contributed by atoms with Crippen LogP contribution in [0.1, 0.15) is 24.3 Å². The van der Waals surface area contributed by atoms with Gasteiger partial charge in [0.15, 0.2) is 0 Å². The Kier molecular flexibility index (Phi) is 5.34. The number of aliphatic carboxylic acids is 1. The van der Waals surface area contributed by atoms with Crippen LogP contribution in [0.25, 0.3) is 6.08 Å². The molecule has 0 spiro atoms. The Hall–Kier alpha value is -1.17. The Morgan fingerprint density at radius 2 is 2.35 bits per heavy atom. The highest BCUT2D eigenvalue weighted by Gasteiger charge is 2.22. The lowest BCUT2D eigenvalue weighted by molar-refractivity contribution is -0.131. The van der Waals surface area contributed by atoms with E-state index < -0.39 is 5.97 Å². The molecule has 110 valence electrons. The zero-order valence-corrected chi connectivity index (χ0v) is 12.9. The molecule has 1 aliphatic heterocycles. The Bertz CT molecular complexity index is 484. The molecule has 1 N–H and O–H groups in total. The Labute approximate surface area is 124 Å². The van der Waals surface area contributed by atoms with Gasteiger partial charge in [-0.25, -0.2) is 4.79 Å². The van der Waals surface area contributed by atoms with Crippen LogP contribution in [0, 0.1) is 0 Å². The second-order valence-electron chi connectivity index (χ2n) is 5.23. The summed E-state index contributed by atoms with van der Waals surface area (Å²) in [5, 5.41) is 10.6. The van der Waals surface area contributed by atoms with Crippen LogP contribution in [0.15, 0.2) is 17.5 Å². The minimum atomic E-state index is -0.901. The van der Waals surface area contributed by atoms with E-state index in [4.69, 9.17) is 5.11 Å². The van der Waals surface area contributed by atoms with E-state index in [9.17, 15) is 4.79 Å². The average Bonchev–Trinajstić information content (AvgIpc) is 2.84. The molecular formula is C15H22N2O2S. The van der Waals surface area contributed by atoms with Crippen LogP contribution < -0.4 is 0 Å². The maximum Gasteiger partial charge on any atom is 0.328 e. The monoisotopic (exact) mass is 294 g/mol. The highest BCUT2D eigenvalue weighted by molar-refractivity contribution is 7.10. The number of piperazine rings is 1. The third-order valence-corrected chi connectivity index (χ3v) is 4.67. The second kappa shape index (κ2) is 7.02. The first-order valence-electron chi connectivity index (χ1n) is 7.03. The summed E-state index contributed by atoms with van der Waals surface area (Å²) in [4.78, 5) is 16.8. The third-order valence-electron chi connectivity index (χ3n) is 3.73. The molecule has 20 heavy (non-hydrogen) atoms. The van der Waals surface area contributed by atoms with Crippen LogP contribution in [0.3, 0.4) is 0 Å². The van der Waals surface area contributed by atoms with Gasteiger partial charge in [-0.15, -0.1) is 11.3 Å². The molecule has 1 aromatic heterocycles. The molecule has 0 aromatic carbocycles. The first kappa shape index (κ1) is 15.2. The van der Waals surface area contributed by atoms with Gasteiger partial charge in [-0.2, -0.15) is 0 Å². The van der Waals surface area contributed by atoms with Gasteiger partial charge >= 0.3 is 5.97 Å². The maximum absolute atomic E-state index is 10.5. The van der Waals surface area contributed by atoms with Gasteiger partial charge in [-0.05, 0) is 36.6 Å². The van der Waals surface area contributed by atoms with Crippen LogP contribution in [-0.4, -0.2) is 53.1 Å². The molecule has 0 bridgehead atoms. The van der Waals surface area contributed by atoms with E-state index in [2.05, 4.69) is 29.7 Å². The number of nitrogens with zero attached hydrogens (tertiary/aromatic N) is 2. The molecule has 2 heterocycles. The molecule has 5 heteroatoms. The molecule has 1 saturated heterocycles. The maximum atomic E-state index is 10.5. The number of hydrogen-bond acceptors (Lipinski definition) is 4. The summed E-state index contributed by atoms with van der Waals surface area (Å²) in [6, 6.07) is 2.70. The molecule has 1 aliphatic rings. The fourth-order valence-corrected chi connectivity index (χ4v) is 3.54. The first-order chi connectivity index (χ1) is 9.58. The number of thiophene rings is 1. The van der Waals surface area contributed by atoms with E-state index in [1.165, 1.54) is 11.0 Å². The van der Waals surface area contributed by atoms with Crippen molar-refractivity contribution < 1.29 is 9.90 Å². The van der Waals surface area contributed by atoms with Crippen LogP contribution >= 0.6 is 11.3 Å². The second-order valence-corrected chi connectivity index (χ2v) is 6.23. The topological polar surface area (TPSA) is 43.8 Å². The highest BCUT2D eigenvalue weighted by Crippen LogP contribution is 2.20. The summed E-state index contributed by atoms with van der Waals surface area (Å²) in [6.45, 7) is 9.93. The van der Waals surface area contributed by atoms with Crippen LogP contribution in [-0.2, 0) is 11.3 Å². The third kappa shape index (κ3) is 4.16. The highest BCUT2D eigenvalue weighted by atomic mass is 32.1. The van der Waals surface area contributed by atoms with Crippen molar-refractivity contribution in [2.24, 2.45) is 0 Å². The first-order valence-corrected chi connectivity index (χ1v) is 7.91. The van der Waals surface area contributed by atoms with Gasteiger partial charge in [0.2, 0.25) is 0 Å². The lowest BCUT2D eigenvalue weighted by Gasteiger charge is -2.39. The van der Waals surface area contributed by atoms with E-state index in [0.717, 1.165) is 38.3 Å². The zero-order valence-electron chi connectivity index (χ0n) is 12.1. The van der Waals surface area contributed by atoms with Gasteiger partial charge in [0.25, 0.3) is 0 Å². The van der Waals surface area contributed by atoms with Crippen molar-refractivity contribution in [3.05, 3.63) is 28.0 Å². The number of likely N-dealkylation sites (N-methyl/N-ethyl adjacent to an activating group) is 1. The number of carboxylic acids is 1. The minimum absolute atomic E-state index is 0.611. The molecule has 1 unspecified atom stereocenters. The SMILES string of the molecule is CCN1CCN(Cc2cc(C=CC(=O)O)cs2)CC1C. The zero-order chi connectivity index (χ0) is 14.5. The largest absolute Gasteiger partial charge is 0.478 e. The summed E-state index contributed by atoms with van der Waals surface area (Å²) < 4.78 is 0. The van der Waals surface area contributed by atoms with Crippen LogP contribution in [0.5, 0.6) is 0 Å². The van der Waals surface area contributed by atoms with Gasteiger partial charge in [0.1, 0.15) is 0 Å². The molecule has 4 nitrogen and oxygen atoms in total. The molecule has 1 fully saturated rings. The Morgan fingerprint density at radius 3 is 3.00 bits per heavy atom. The molecule has 1 atom stereocenters. The van der Waals surface area contributed by atoms with Crippen molar-refractivity contribution in [3.8, 4) is 0 Å². The van der Waals surface area contributed by atoms with Gasteiger partial charge in [-0.1, -0.05) is 6.92 Å². The fourth-order valence-electron chi connectivity index (χ4n) is 2.64. The van der Waals surface area contributed by atoms with E-state index in [1.807, 2.05) is 5.38 Å². The molecule has 0 aliphatic carbocycles. The van der Waals surface area contributed by atoms with Crippen molar-refractivity contribution in [1.29, 1.82) is 0 Å². The van der Waals surface area contributed by atoms with Gasteiger partial charge < -0.3 is 5.11 Å². The van der Waals surface area contributed by atoms with Gasteiger partial charge in [-0.3, -0.25) is 9.80 Å². The predicted octanol–water partition coefficient (Wildman–Crippen LogP) is 2.37. The smallest absolute Gasteiger partial charge is 0.328 e. The van der Waals surface area contributed by atoms with Crippen molar-refractivity contribution >= 4 is 23.4 Å². The quantitative estimate of drug-likeness (QED) is 0.847. The molecule has 1 aromatic rings. The number of carboxylic acid groups (broad SMARTS) is 1. The lowest BCUT2D eigenvalue weighted by atomic mass is 10.2. The Balaban J connectivity index is 1.89. The molecule has 0 amide bonds. The van der Waals surface area contributed by atoms with E-state index >= 15 is 0 Å². The normalized spacial score (nSPS) is 21.6. The van der Waals surface area contributed by atoms with Crippen molar-refractivity contribution in [2.75, 3.05) is 26.2 Å². The summed E-state index contributed by atoms with van der Waals surface area (Å²) >= 11 is 1.70. The molecule has 0 saturated carbocycles. The van der Waals surface area contributed by atoms with Crippen LogP contribution in [0.2, 0.25) is 0 Å². The minimum Gasteiger partial charge on any atom is -0.478 e. The lowest BCUT2D eigenvalue weighted by Crippen LogP contribution is -2.51. The summed E-state index contributed by atoms with van der Waals surface area (Å²) in [5.74, 6) is -0.901. The number of carbonyl (C=O) groups is 1. The molecular weight excluding hydrogens is 272 g/mol. The van der Waals surface area contributed by atoms with Gasteiger partial charge in [0.05, 0.1) is 0 Å². The predicted molar refractivity (Wildman–Crippen MR) is 83.0 cm³/mol. The molecule has 0 radical (unpaired) electrons. The molecule has 2 rings (SSSR count). The van der Waals surface area contributed by atoms with Gasteiger partial charge in [0, 0.05) is 43.2 Å². The van der Waals surface area contributed by atoms with E-state index in [0.29, 0.717) is 6.04 Å².